The van der Waals surface area contributed by atoms with Crippen LogP contribution in [-0.4, -0.2) is 21.9 Å². The van der Waals surface area contributed by atoms with Crippen LogP contribution < -0.4 is 11.1 Å². The summed E-state index contributed by atoms with van der Waals surface area (Å²) in [4.78, 5) is 19.5. The van der Waals surface area contributed by atoms with Crippen molar-refractivity contribution in [3.63, 3.8) is 0 Å². The van der Waals surface area contributed by atoms with E-state index >= 15 is 0 Å². The van der Waals surface area contributed by atoms with Crippen LogP contribution in [0.2, 0.25) is 0 Å². The standard InChI is InChI=1S/C12H20N4O/c1-3-4-5-6-9(2)15-12(17)10-7-14-8-11(13)16-10/h7-9H,3-6H2,1-2H3,(H2,13,16)(H,15,17). The summed E-state index contributed by atoms with van der Waals surface area (Å²) in [5.41, 5.74) is 5.74. The average molecular weight is 236 g/mol. The van der Waals surface area contributed by atoms with Gasteiger partial charge >= 0.3 is 0 Å². The van der Waals surface area contributed by atoms with Crippen molar-refractivity contribution in [3.8, 4) is 0 Å². The summed E-state index contributed by atoms with van der Waals surface area (Å²) in [6.45, 7) is 4.15. The zero-order valence-electron chi connectivity index (χ0n) is 10.4. The van der Waals surface area contributed by atoms with Crippen LogP contribution in [0.1, 0.15) is 50.0 Å². The monoisotopic (exact) mass is 236 g/mol. The highest BCUT2D eigenvalue weighted by Crippen LogP contribution is 2.04. The van der Waals surface area contributed by atoms with Gasteiger partial charge in [0.1, 0.15) is 11.5 Å². The highest BCUT2D eigenvalue weighted by molar-refractivity contribution is 5.92. The molecule has 0 saturated heterocycles. The first-order chi connectivity index (χ1) is 8.13. The molecule has 1 amide bonds. The number of hydrogen-bond acceptors (Lipinski definition) is 4. The number of carbonyl (C=O) groups excluding carboxylic acids is 1. The Morgan fingerprint density at radius 2 is 2.24 bits per heavy atom. The van der Waals surface area contributed by atoms with Gasteiger partial charge in [-0.1, -0.05) is 26.2 Å². The van der Waals surface area contributed by atoms with Crippen molar-refractivity contribution < 1.29 is 4.79 Å². The van der Waals surface area contributed by atoms with Gasteiger partial charge in [0.2, 0.25) is 0 Å². The van der Waals surface area contributed by atoms with E-state index in [1.165, 1.54) is 25.2 Å². The molecule has 3 N–H and O–H groups in total. The van der Waals surface area contributed by atoms with Crippen LogP contribution >= 0.6 is 0 Å². The lowest BCUT2D eigenvalue weighted by molar-refractivity contribution is 0.0932. The largest absolute Gasteiger partial charge is 0.382 e. The number of rotatable bonds is 6. The molecule has 0 saturated carbocycles. The average Bonchev–Trinajstić information content (AvgIpc) is 2.29. The van der Waals surface area contributed by atoms with E-state index in [0.29, 0.717) is 0 Å². The normalized spacial score (nSPS) is 12.1. The molecular weight excluding hydrogens is 216 g/mol. The highest BCUT2D eigenvalue weighted by atomic mass is 16.1. The van der Waals surface area contributed by atoms with Gasteiger partial charge < -0.3 is 11.1 Å². The van der Waals surface area contributed by atoms with Crippen LogP contribution in [0.4, 0.5) is 5.82 Å². The Labute approximate surface area is 102 Å². The maximum Gasteiger partial charge on any atom is 0.271 e. The Hall–Kier alpha value is -1.65. The lowest BCUT2D eigenvalue weighted by Gasteiger charge is -2.13. The molecule has 0 fully saturated rings. The fourth-order valence-corrected chi connectivity index (χ4v) is 1.56. The van der Waals surface area contributed by atoms with E-state index in [9.17, 15) is 4.79 Å². The molecule has 1 rings (SSSR count). The van der Waals surface area contributed by atoms with Crippen LogP contribution in [0.5, 0.6) is 0 Å². The molecule has 0 radical (unpaired) electrons. The first-order valence-corrected chi connectivity index (χ1v) is 6.02. The van der Waals surface area contributed by atoms with Gasteiger partial charge in [0, 0.05) is 6.04 Å². The van der Waals surface area contributed by atoms with E-state index in [2.05, 4.69) is 22.2 Å². The number of unbranched alkanes of at least 4 members (excludes halogenated alkanes) is 2. The van der Waals surface area contributed by atoms with Crippen LogP contribution in [0.15, 0.2) is 12.4 Å². The van der Waals surface area contributed by atoms with E-state index in [4.69, 9.17) is 5.73 Å². The van der Waals surface area contributed by atoms with Crippen LogP contribution in [0, 0.1) is 0 Å². The second-order valence-corrected chi connectivity index (χ2v) is 4.20. The lowest BCUT2D eigenvalue weighted by Crippen LogP contribution is -2.33. The van der Waals surface area contributed by atoms with E-state index in [1.807, 2.05) is 6.92 Å². The number of carbonyl (C=O) groups is 1. The Kier molecular flexibility index (Phi) is 5.39. The zero-order chi connectivity index (χ0) is 12.7. The highest BCUT2D eigenvalue weighted by Gasteiger charge is 2.11. The third-order valence-electron chi connectivity index (χ3n) is 2.50. The molecule has 0 bridgehead atoms. The minimum Gasteiger partial charge on any atom is -0.382 e. The van der Waals surface area contributed by atoms with Crippen molar-refractivity contribution in [3.05, 3.63) is 18.1 Å². The fraction of sp³-hybridized carbons (Fsp3) is 0.583. The van der Waals surface area contributed by atoms with Crippen molar-refractivity contribution in [1.29, 1.82) is 0 Å². The molecule has 0 spiro atoms. The molecule has 0 aliphatic rings. The minimum absolute atomic E-state index is 0.150. The van der Waals surface area contributed by atoms with Gasteiger partial charge in [-0.2, -0.15) is 0 Å². The van der Waals surface area contributed by atoms with Gasteiger partial charge in [-0.3, -0.25) is 9.78 Å². The molecule has 1 aromatic rings. The lowest BCUT2D eigenvalue weighted by atomic mass is 10.1. The third-order valence-corrected chi connectivity index (χ3v) is 2.50. The Morgan fingerprint density at radius 3 is 2.88 bits per heavy atom. The Bertz CT molecular complexity index is 367. The van der Waals surface area contributed by atoms with Gasteiger partial charge in [-0.15, -0.1) is 0 Å². The Balaban J connectivity index is 2.43. The molecule has 5 nitrogen and oxygen atoms in total. The molecule has 94 valence electrons. The minimum atomic E-state index is -0.214. The van der Waals surface area contributed by atoms with E-state index in [-0.39, 0.29) is 23.5 Å². The molecule has 0 aliphatic carbocycles. The Morgan fingerprint density at radius 1 is 1.47 bits per heavy atom. The van der Waals surface area contributed by atoms with Crippen molar-refractivity contribution in [1.82, 2.24) is 15.3 Å². The molecular formula is C12H20N4O. The number of hydrogen-bond donors (Lipinski definition) is 2. The van der Waals surface area contributed by atoms with Gasteiger partial charge in [-0.25, -0.2) is 4.98 Å². The molecule has 0 aliphatic heterocycles. The first kappa shape index (κ1) is 13.4. The van der Waals surface area contributed by atoms with E-state index in [1.54, 1.807) is 0 Å². The second kappa shape index (κ2) is 6.83. The van der Waals surface area contributed by atoms with Crippen LogP contribution in [0.25, 0.3) is 0 Å². The van der Waals surface area contributed by atoms with Crippen molar-refractivity contribution in [2.24, 2.45) is 0 Å². The molecule has 0 aromatic carbocycles. The molecule has 1 unspecified atom stereocenters. The smallest absolute Gasteiger partial charge is 0.271 e. The number of nitrogens with one attached hydrogen (secondary N) is 1. The molecule has 5 heteroatoms. The summed E-state index contributed by atoms with van der Waals surface area (Å²) in [5, 5.41) is 2.89. The number of nitrogens with zero attached hydrogens (tertiary/aromatic N) is 2. The van der Waals surface area contributed by atoms with Crippen LogP contribution in [-0.2, 0) is 0 Å². The second-order valence-electron chi connectivity index (χ2n) is 4.20. The van der Waals surface area contributed by atoms with Gasteiger partial charge in [0.15, 0.2) is 0 Å². The number of aromatic nitrogens is 2. The molecule has 1 aromatic heterocycles. The summed E-state index contributed by atoms with van der Waals surface area (Å²) in [7, 11) is 0. The third kappa shape index (κ3) is 4.80. The summed E-state index contributed by atoms with van der Waals surface area (Å²) in [5.74, 6) is 0.0464. The molecule has 1 atom stereocenters. The first-order valence-electron chi connectivity index (χ1n) is 6.02. The molecule has 17 heavy (non-hydrogen) atoms. The number of anilines is 1. The van der Waals surface area contributed by atoms with Crippen molar-refractivity contribution in [2.75, 3.05) is 5.73 Å². The number of amides is 1. The fourth-order valence-electron chi connectivity index (χ4n) is 1.56. The van der Waals surface area contributed by atoms with Crippen molar-refractivity contribution in [2.45, 2.75) is 45.6 Å². The van der Waals surface area contributed by atoms with Gasteiger partial charge in [0.25, 0.3) is 5.91 Å². The number of nitrogens with two attached hydrogens (primary N) is 1. The van der Waals surface area contributed by atoms with E-state index in [0.717, 1.165) is 12.8 Å². The maximum absolute atomic E-state index is 11.8. The topological polar surface area (TPSA) is 80.9 Å². The van der Waals surface area contributed by atoms with Gasteiger partial charge in [-0.05, 0) is 13.3 Å². The zero-order valence-corrected chi connectivity index (χ0v) is 10.4. The van der Waals surface area contributed by atoms with Crippen LogP contribution in [0.3, 0.4) is 0 Å². The predicted molar refractivity (Wildman–Crippen MR) is 67.5 cm³/mol. The quantitative estimate of drug-likeness (QED) is 0.737. The number of nitrogen functional groups attached to an aromatic ring is 1. The summed E-state index contributed by atoms with van der Waals surface area (Å²) >= 11 is 0. The summed E-state index contributed by atoms with van der Waals surface area (Å²) < 4.78 is 0. The van der Waals surface area contributed by atoms with E-state index < -0.39 is 0 Å². The van der Waals surface area contributed by atoms with Gasteiger partial charge in [0.05, 0.1) is 12.4 Å². The molecule has 1 heterocycles. The maximum atomic E-state index is 11.8. The SMILES string of the molecule is CCCCCC(C)NC(=O)c1cncc(N)n1. The summed E-state index contributed by atoms with van der Waals surface area (Å²) in [6.07, 6.45) is 7.32. The summed E-state index contributed by atoms with van der Waals surface area (Å²) in [6, 6.07) is 0.150. The predicted octanol–water partition coefficient (Wildman–Crippen LogP) is 1.76. The van der Waals surface area contributed by atoms with Crippen molar-refractivity contribution >= 4 is 11.7 Å².